The number of hydrogen-bond donors (Lipinski definition) is 1. The van der Waals surface area contributed by atoms with E-state index in [1.54, 1.807) is 0 Å². The van der Waals surface area contributed by atoms with Gasteiger partial charge >= 0.3 is 0 Å². The monoisotopic (exact) mass is 315 g/mol. The van der Waals surface area contributed by atoms with Crippen LogP contribution in [0.1, 0.15) is 39.0 Å². The van der Waals surface area contributed by atoms with Crippen LogP contribution in [0.2, 0.25) is 0 Å². The zero-order valence-corrected chi connectivity index (χ0v) is 13.9. The molecule has 0 spiro atoms. The van der Waals surface area contributed by atoms with Crippen molar-refractivity contribution in [2.75, 3.05) is 37.7 Å². The maximum absolute atomic E-state index is 12.2. The third kappa shape index (κ3) is 3.00. The molecule has 122 valence electrons. The lowest BCUT2D eigenvalue weighted by atomic mass is 9.87. The molecule has 0 aliphatic carbocycles. The van der Waals surface area contributed by atoms with Gasteiger partial charge in [0.15, 0.2) is 9.84 Å². The van der Waals surface area contributed by atoms with Crippen LogP contribution in [-0.4, -0.2) is 73.5 Å². The third-order valence-electron chi connectivity index (χ3n) is 5.76. The first-order valence-corrected chi connectivity index (χ1v) is 10.2. The van der Waals surface area contributed by atoms with E-state index in [-0.39, 0.29) is 11.3 Å². The number of nitrogens with two attached hydrogens (primary N) is 1. The Bertz CT molecular complexity index is 481. The minimum absolute atomic E-state index is 0.257. The Labute approximate surface area is 128 Å². The number of piperazine rings is 1. The van der Waals surface area contributed by atoms with E-state index in [0.29, 0.717) is 24.4 Å². The Kier molecular flexibility index (Phi) is 4.34. The van der Waals surface area contributed by atoms with Gasteiger partial charge in [-0.2, -0.15) is 0 Å². The third-order valence-corrected chi connectivity index (χ3v) is 7.65. The van der Waals surface area contributed by atoms with Crippen molar-refractivity contribution in [3.63, 3.8) is 0 Å². The normalized spacial score (nSPS) is 41.6. The second kappa shape index (κ2) is 5.80. The van der Waals surface area contributed by atoms with E-state index in [2.05, 4.69) is 16.7 Å². The fourth-order valence-corrected chi connectivity index (χ4v) is 6.67. The summed E-state index contributed by atoms with van der Waals surface area (Å²) in [4.78, 5) is 5.06. The highest BCUT2D eigenvalue weighted by molar-refractivity contribution is 7.91. The van der Waals surface area contributed by atoms with Crippen LogP contribution in [-0.2, 0) is 9.84 Å². The molecule has 3 heterocycles. The number of rotatable bonds is 2. The summed E-state index contributed by atoms with van der Waals surface area (Å²) < 4.78 is 24.3. The Morgan fingerprint density at radius 3 is 2.76 bits per heavy atom. The number of nitrogens with zero attached hydrogens (tertiary/aromatic N) is 2. The average Bonchev–Trinajstić information content (AvgIpc) is 2.45. The Balaban J connectivity index is 1.82. The van der Waals surface area contributed by atoms with E-state index in [1.807, 2.05) is 0 Å². The summed E-state index contributed by atoms with van der Waals surface area (Å²) in [5.74, 6) is 0.597. The molecule has 3 rings (SSSR count). The first kappa shape index (κ1) is 15.7. The van der Waals surface area contributed by atoms with E-state index >= 15 is 0 Å². The van der Waals surface area contributed by atoms with Crippen LogP contribution in [0.3, 0.4) is 0 Å². The summed E-state index contributed by atoms with van der Waals surface area (Å²) in [6.45, 7) is 5.96. The summed E-state index contributed by atoms with van der Waals surface area (Å²) in [6, 6.07) is 0.999. The fourth-order valence-electron chi connectivity index (χ4n) is 4.69. The minimum atomic E-state index is -2.94. The predicted molar refractivity (Wildman–Crippen MR) is 85.1 cm³/mol. The average molecular weight is 315 g/mol. The van der Waals surface area contributed by atoms with Crippen LogP contribution < -0.4 is 5.73 Å². The van der Waals surface area contributed by atoms with E-state index < -0.39 is 9.84 Å². The van der Waals surface area contributed by atoms with Crippen LogP contribution in [0, 0.1) is 0 Å². The fraction of sp³-hybridized carbons (Fsp3) is 1.00. The van der Waals surface area contributed by atoms with Crippen molar-refractivity contribution in [2.24, 2.45) is 5.73 Å². The molecule has 3 aliphatic heterocycles. The van der Waals surface area contributed by atoms with Gasteiger partial charge in [0.25, 0.3) is 0 Å². The van der Waals surface area contributed by atoms with Gasteiger partial charge in [-0.15, -0.1) is 0 Å². The molecule has 0 bridgehead atoms. The molecule has 2 N–H and O–H groups in total. The summed E-state index contributed by atoms with van der Waals surface area (Å²) in [5, 5.41) is 0. The highest BCUT2D eigenvalue weighted by Crippen LogP contribution is 2.34. The smallest absolute Gasteiger partial charge is 0.152 e. The SMILES string of the molecule is CC1CN2CCCCC2CN1C1(CN)CCCS(=O)(=O)C1. The maximum Gasteiger partial charge on any atom is 0.152 e. The van der Waals surface area contributed by atoms with Gasteiger partial charge in [-0.05, 0) is 39.2 Å². The van der Waals surface area contributed by atoms with Crippen molar-refractivity contribution in [3.05, 3.63) is 0 Å². The van der Waals surface area contributed by atoms with Crippen molar-refractivity contribution in [3.8, 4) is 0 Å². The van der Waals surface area contributed by atoms with E-state index in [4.69, 9.17) is 5.73 Å². The molecule has 0 saturated carbocycles. The van der Waals surface area contributed by atoms with Gasteiger partial charge in [0, 0.05) is 37.3 Å². The van der Waals surface area contributed by atoms with Crippen molar-refractivity contribution in [2.45, 2.75) is 56.7 Å². The number of hydrogen-bond acceptors (Lipinski definition) is 5. The van der Waals surface area contributed by atoms with Crippen LogP contribution in [0.5, 0.6) is 0 Å². The summed E-state index contributed by atoms with van der Waals surface area (Å²) in [6.07, 6.45) is 5.55. The summed E-state index contributed by atoms with van der Waals surface area (Å²) in [5.41, 5.74) is 5.78. The Hall–Kier alpha value is -0.170. The number of fused-ring (bicyclic) bond motifs is 1. The molecule has 5 nitrogen and oxygen atoms in total. The van der Waals surface area contributed by atoms with Gasteiger partial charge in [0.05, 0.1) is 11.5 Å². The Morgan fingerprint density at radius 1 is 1.24 bits per heavy atom. The number of piperidine rings is 1. The van der Waals surface area contributed by atoms with Gasteiger partial charge in [-0.3, -0.25) is 9.80 Å². The zero-order chi connectivity index (χ0) is 15.1. The maximum atomic E-state index is 12.2. The highest BCUT2D eigenvalue weighted by Gasteiger charge is 2.47. The molecule has 0 aromatic carbocycles. The lowest BCUT2D eigenvalue weighted by molar-refractivity contribution is -0.0416. The summed E-state index contributed by atoms with van der Waals surface area (Å²) in [7, 11) is -2.94. The molecule has 21 heavy (non-hydrogen) atoms. The van der Waals surface area contributed by atoms with Gasteiger partial charge in [0.1, 0.15) is 0 Å². The molecule has 0 amide bonds. The first-order valence-electron chi connectivity index (χ1n) is 8.37. The molecular weight excluding hydrogens is 286 g/mol. The molecule has 0 aromatic rings. The van der Waals surface area contributed by atoms with Gasteiger partial charge in [-0.1, -0.05) is 6.42 Å². The molecular formula is C15H29N3O2S. The van der Waals surface area contributed by atoms with Crippen molar-refractivity contribution < 1.29 is 8.42 Å². The molecule has 0 aromatic heterocycles. The largest absolute Gasteiger partial charge is 0.329 e. The molecule has 3 fully saturated rings. The second-order valence-corrected chi connectivity index (χ2v) is 9.45. The first-order chi connectivity index (χ1) is 9.96. The number of sulfone groups is 1. The van der Waals surface area contributed by atoms with Crippen molar-refractivity contribution in [1.29, 1.82) is 0 Å². The molecule has 3 unspecified atom stereocenters. The van der Waals surface area contributed by atoms with Gasteiger partial charge in [-0.25, -0.2) is 8.42 Å². The predicted octanol–water partition coefficient (Wildman–Crippen LogP) is 0.451. The zero-order valence-electron chi connectivity index (χ0n) is 13.1. The minimum Gasteiger partial charge on any atom is -0.329 e. The molecule has 3 atom stereocenters. The van der Waals surface area contributed by atoms with Gasteiger partial charge < -0.3 is 5.73 Å². The highest BCUT2D eigenvalue weighted by atomic mass is 32.2. The van der Waals surface area contributed by atoms with E-state index in [1.165, 1.54) is 25.8 Å². The standard InChI is InChI=1S/C15H29N3O2S/c1-13-9-17-7-3-2-5-14(17)10-18(13)15(11-16)6-4-8-21(19,20)12-15/h13-14H,2-12,16H2,1H3. The Morgan fingerprint density at radius 2 is 2.05 bits per heavy atom. The molecule has 3 aliphatic rings. The molecule has 0 radical (unpaired) electrons. The second-order valence-electron chi connectivity index (χ2n) is 7.27. The van der Waals surface area contributed by atoms with Crippen molar-refractivity contribution >= 4 is 9.84 Å². The van der Waals surface area contributed by atoms with Crippen LogP contribution in [0.25, 0.3) is 0 Å². The van der Waals surface area contributed by atoms with Crippen LogP contribution >= 0.6 is 0 Å². The van der Waals surface area contributed by atoms with Crippen LogP contribution in [0.4, 0.5) is 0 Å². The summed E-state index contributed by atoms with van der Waals surface area (Å²) >= 11 is 0. The molecule has 6 heteroatoms. The van der Waals surface area contributed by atoms with Crippen LogP contribution in [0.15, 0.2) is 0 Å². The van der Waals surface area contributed by atoms with Crippen molar-refractivity contribution in [1.82, 2.24) is 9.80 Å². The lowest BCUT2D eigenvalue weighted by Crippen LogP contribution is -2.69. The van der Waals surface area contributed by atoms with E-state index in [9.17, 15) is 8.42 Å². The topological polar surface area (TPSA) is 66.6 Å². The lowest BCUT2D eigenvalue weighted by Gasteiger charge is -2.55. The van der Waals surface area contributed by atoms with Gasteiger partial charge in [0.2, 0.25) is 0 Å². The molecule has 3 saturated heterocycles. The quantitative estimate of drug-likeness (QED) is 0.801. The van der Waals surface area contributed by atoms with E-state index in [0.717, 1.165) is 25.9 Å².